The predicted molar refractivity (Wildman–Crippen MR) is 53.7 cm³/mol. The molecular formula is C10H19NO3. The van der Waals surface area contributed by atoms with E-state index in [2.05, 4.69) is 5.16 Å². The van der Waals surface area contributed by atoms with Crippen molar-refractivity contribution in [2.24, 2.45) is 5.16 Å². The SMILES string of the molecule is OCCCCOC1CCC(=NO)CC1. The number of rotatable bonds is 5. The summed E-state index contributed by atoms with van der Waals surface area (Å²) in [6, 6.07) is 0. The van der Waals surface area contributed by atoms with Gasteiger partial charge in [0, 0.05) is 13.2 Å². The molecule has 0 saturated heterocycles. The molecule has 1 saturated carbocycles. The molecule has 0 unspecified atom stereocenters. The lowest BCUT2D eigenvalue weighted by Crippen LogP contribution is -2.22. The molecule has 1 rings (SSSR count). The number of nitrogens with zero attached hydrogens (tertiary/aromatic N) is 1. The van der Waals surface area contributed by atoms with Crippen LogP contribution in [0.1, 0.15) is 38.5 Å². The summed E-state index contributed by atoms with van der Waals surface area (Å²) in [6.45, 7) is 0.978. The maximum Gasteiger partial charge on any atom is 0.0582 e. The zero-order chi connectivity index (χ0) is 10.2. The average Bonchev–Trinajstić information content (AvgIpc) is 2.25. The van der Waals surface area contributed by atoms with Crippen molar-refractivity contribution in [2.45, 2.75) is 44.6 Å². The fraction of sp³-hybridized carbons (Fsp3) is 0.900. The van der Waals surface area contributed by atoms with Crippen LogP contribution >= 0.6 is 0 Å². The molecule has 0 aliphatic heterocycles. The van der Waals surface area contributed by atoms with Crippen molar-refractivity contribution in [3.8, 4) is 0 Å². The Labute approximate surface area is 84.6 Å². The standard InChI is InChI=1S/C10H19NO3/c12-7-1-2-8-14-10-5-3-9(11-13)4-6-10/h10,12-13H,1-8H2. The Balaban J connectivity index is 2.04. The van der Waals surface area contributed by atoms with E-state index in [9.17, 15) is 0 Å². The van der Waals surface area contributed by atoms with Gasteiger partial charge in [-0.2, -0.15) is 0 Å². The molecular weight excluding hydrogens is 182 g/mol. The lowest BCUT2D eigenvalue weighted by atomic mass is 9.96. The van der Waals surface area contributed by atoms with E-state index in [4.69, 9.17) is 15.1 Å². The summed E-state index contributed by atoms with van der Waals surface area (Å²) in [7, 11) is 0. The smallest absolute Gasteiger partial charge is 0.0582 e. The molecule has 0 heterocycles. The summed E-state index contributed by atoms with van der Waals surface area (Å²) >= 11 is 0. The van der Waals surface area contributed by atoms with Crippen LogP contribution in [0.25, 0.3) is 0 Å². The molecule has 2 N–H and O–H groups in total. The summed E-state index contributed by atoms with van der Waals surface area (Å²) in [5, 5.41) is 20.3. The molecule has 1 aliphatic rings. The Morgan fingerprint density at radius 1 is 1.29 bits per heavy atom. The zero-order valence-corrected chi connectivity index (χ0v) is 8.48. The summed E-state index contributed by atoms with van der Waals surface area (Å²) in [4.78, 5) is 0. The van der Waals surface area contributed by atoms with E-state index >= 15 is 0 Å². The highest BCUT2D eigenvalue weighted by Gasteiger charge is 2.17. The first-order valence-corrected chi connectivity index (χ1v) is 5.29. The molecule has 0 bridgehead atoms. The Bertz CT molecular complexity index is 172. The van der Waals surface area contributed by atoms with Gasteiger partial charge in [-0.3, -0.25) is 0 Å². The van der Waals surface area contributed by atoms with Crippen molar-refractivity contribution in [3.05, 3.63) is 0 Å². The zero-order valence-electron chi connectivity index (χ0n) is 8.48. The molecule has 0 aromatic heterocycles. The fourth-order valence-electron chi connectivity index (χ4n) is 1.66. The minimum absolute atomic E-state index is 0.245. The highest BCUT2D eigenvalue weighted by Crippen LogP contribution is 2.19. The summed E-state index contributed by atoms with van der Waals surface area (Å²) in [5.74, 6) is 0. The van der Waals surface area contributed by atoms with Gasteiger partial charge in [-0.25, -0.2) is 0 Å². The molecule has 1 aliphatic carbocycles. The van der Waals surface area contributed by atoms with Crippen LogP contribution in [-0.4, -0.2) is 35.3 Å². The summed E-state index contributed by atoms with van der Waals surface area (Å²) in [6.07, 6.45) is 5.67. The minimum Gasteiger partial charge on any atom is -0.411 e. The van der Waals surface area contributed by atoms with E-state index < -0.39 is 0 Å². The number of unbranched alkanes of at least 4 members (excludes halogenated alkanes) is 1. The van der Waals surface area contributed by atoms with Crippen molar-refractivity contribution in [2.75, 3.05) is 13.2 Å². The molecule has 0 radical (unpaired) electrons. The van der Waals surface area contributed by atoms with Gasteiger partial charge < -0.3 is 15.1 Å². The molecule has 0 aromatic rings. The van der Waals surface area contributed by atoms with Crippen LogP contribution in [0, 0.1) is 0 Å². The number of hydrogen-bond acceptors (Lipinski definition) is 4. The van der Waals surface area contributed by atoms with Crippen molar-refractivity contribution in [1.82, 2.24) is 0 Å². The predicted octanol–water partition coefficient (Wildman–Crippen LogP) is 1.55. The van der Waals surface area contributed by atoms with E-state index in [0.717, 1.165) is 50.8 Å². The maximum atomic E-state index is 8.57. The lowest BCUT2D eigenvalue weighted by Gasteiger charge is -2.22. The number of oxime groups is 1. The third-order valence-corrected chi connectivity index (χ3v) is 2.56. The van der Waals surface area contributed by atoms with E-state index in [-0.39, 0.29) is 6.61 Å². The molecule has 14 heavy (non-hydrogen) atoms. The Hall–Kier alpha value is -0.610. The Morgan fingerprint density at radius 3 is 2.57 bits per heavy atom. The molecule has 1 fully saturated rings. The van der Waals surface area contributed by atoms with Gasteiger partial charge in [0.1, 0.15) is 0 Å². The average molecular weight is 201 g/mol. The number of hydrogen-bond donors (Lipinski definition) is 2. The van der Waals surface area contributed by atoms with Crippen molar-refractivity contribution in [1.29, 1.82) is 0 Å². The molecule has 4 heteroatoms. The van der Waals surface area contributed by atoms with Crippen LogP contribution in [0.5, 0.6) is 0 Å². The van der Waals surface area contributed by atoms with Crippen LogP contribution in [0.15, 0.2) is 5.16 Å². The van der Waals surface area contributed by atoms with Crippen LogP contribution in [0.2, 0.25) is 0 Å². The third-order valence-electron chi connectivity index (χ3n) is 2.56. The van der Waals surface area contributed by atoms with Crippen LogP contribution in [0.3, 0.4) is 0 Å². The second-order valence-electron chi connectivity index (χ2n) is 3.67. The van der Waals surface area contributed by atoms with Gasteiger partial charge in [0.25, 0.3) is 0 Å². The van der Waals surface area contributed by atoms with E-state index in [1.807, 2.05) is 0 Å². The molecule has 0 atom stereocenters. The summed E-state index contributed by atoms with van der Waals surface area (Å²) in [5.41, 5.74) is 0.889. The van der Waals surface area contributed by atoms with Crippen LogP contribution in [-0.2, 0) is 4.74 Å². The van der Waals surface area contributed by atoms with Gasteiger partial charge in [-0.05, 0) is 38.5 Å². The quantitative estimate of drug-likeness (QED) is 0.403. The van der Waals surface area contributed by atoms with Gasteiger partial charge in [-0.15, -0.1) is 0 Å². The highest BCUT2D eigenvalue weighted by atomic mass is 16.5. The molecule has 82 valence electrons. The first-order chi connectivity index (χ1) is 6.86. The number of ether oxygens (including phenoxy) is 1. The van der Waals surface area contributed by atoms with Crippen LogP contribution in [0.4, 0.5) is 0 Å². The summed E-state index contributed by atoms with van der Waals surface area (Å²) < 4.78 is 5.63. The van der Waals surface area contributed by atoms with Crippen LogP contribution < -0.4 is 0 Å². The second-order valence-corrected chi connectivity index (χ2v) is 3.67. The van der Waals surface area contributed by atoms with Crippen molar-refractivity contribution in [3.63, 3.8) is 0 Å². The van der Waals surface area contributed by atoms with E-state index in [0.29, 0.717) is 6.10 Å². The monoisotopic (exact) mass is 201 g/mol. The fourth-order valence-corrected chi connectivity index (χ4v) is 1.66. The van der Waals surface area contributed by atoms with Gasteiger partial charge in [-0.1, -0.05) is 5.16 Å². The Kier molecular flexibility index (Phi) is 5.56. The molecule has 4 nitrogen and oxygen atoms in total. The third kappa shape index (κ3) is 4.07. The van der Waals surface area contributed by atoms with Crippen molar-refractivity contribution < 1.29 is 15.1 Å². The van der Waals surface area contributed by atoms with E-state index in [1.165, 1.54) is 0 Å². The number of aliphatic hydroxyl groups excluding tert-OH is 1. The first kappa shape index (κ1) is 11.5. The molecule has 0 spiro atoms. The lowest BCUT2D eigenvalue weighted by molar-refractivity contribution is 0.0358. The number of aliphatic hydroxyl groups is 1. The molecule has 0 amide bonds. The van der Waals surface area contributed by atoms with E-state index in [1.54, 1.807) is 0 Å². The first-order valence-electron chi connectivity index (χ1n) is 5.29. The molecule has 0 aromatic carbocycles. The maximum absolute atomic E-state index is 8.57. The van der Waals surface area contributed by atoms with Gasteiger partial charge >= 0.3 is 0 Å². The second kappa shape index (κ2) is 6.79. The largest absolute Gasteiger partial charge is 0.411 e. The normalized spacial score (nSPS) is 22.4. The topological polar surface area (TPSA) is 62.0 Å². The highest BCUT2D eigenvalue weighted by molar-refractivity contribution is 5.84. The van der Waals surface area contributed by atoms with Gasteiger partial charge in [0.15, 0.2) is 0 Å². The van der Waals surface area contributed by atoms with Gasteiger partial charge in [0.05, 0.1) is 11.8 Å². The minimum atomic E-state index is 0.245. The Morgan fingerprint density at radius 2 is 2.00 bits per heavy atom. The van der Waals surface area contributed by atoms with Gasteiger partial charge in [0.2, 0.25) is 0 Å². The van der Waals surface area contributed by atoms with Crippen molar-refractivity contribution >= 4 is 5.71 Å².